The average molecular weight is 370 g/mol. The Morgan fingerprint density at radius 3 is 2.61 bits per heavy atom. The molecule has 0 aromatic heterocycles. The quantitative estimate of drug-likeness (QED) is 0.483. The molecule has 0 spiro atoms. The van der Waals surface area contributed by atoms with Crippen molar-refractivity contribution in [2.45, 2.75) is 25.3 Å². The van der Waals surface area contributed by atoms with Crippen LogP contribution in [0.3, 0.4) is 0 Å². The van der Waals surface area contributed by atoms with E-state index in [9.17, 15) is 14.9 Å². The predicted octanol–water partition coefficient (Wildman–Crippen LogP) is 5.42. The molecule has 0 saturated heterocycles. The maximum absolute atomic E-state index is 13.0. The summed E-state index contributed by atoms with van der Waals surface area (Å²) in [6.07, 6.45) is 2.10. The minimum atomic E-state index is -0.502. The predicted molar refractivity (Wildman–Crippen MR) is 109 cm³/mol. The van der Waals surface area contributed by atoms with Gasteiger partial charge < -0.3 is 5.32 Å². The number of benzene rings is 3. The summed E-state index contributed by atoms with van der Waals surface area (Å²) in [5.74, 6) is 0.0792. The molecule has 5 heteroatoms. The Hall–Kier alpha value is -3.47. The van der Waals surface area contributed by atoms with Crippen molar-refractivity contribution in [1.29, 1.82) is 0 Å². The fraction of sp³-hybridized carbons (Fsp3) is 0.174. The average Bonchev–Trinajstić information content (AvgIpc) is 2.73. The van der Waals surface area contributed by atoms with Crippen LogP contribution >= 0.6 is 0 Å². The topological polar surface area (TPSA) is 72.2 Å². The lowest BCUT2D eigenvalue weighted by atomic mass is 9.76. The monoisotopic (exact) mass is 370 g/mol. The Bertz CT molecular complexity index is 1180. The number of hydrogen-bond acceptors (Lipinski definition) is 4. The van der Waals surface area contributed by atoms with Crippen LogP contribution in [-0.2, 0) is 4.79 Å². The second kappa shape index (κ2) is 6.30. The molecule has 5 rings (SSSR count). The number of anilines is 1. The van der Waals surface area contributed by atoms with Crippen molar-refractivity contribution in [2.24, 2.45) is 0 Å². The number of para-hydroxylation sites is 1. The summed E-state index contributed by atoms with van der Waals surface area (Å²) in [5, 5.41) is 17.3. The number of carbonyl (C=O) groups excluding carboxylic acids is 1. The van der Waals surface area contributed by atoms with Crippen LogP contribution in [0.5, 0.6) is 0 Å². The fourth-order valence-corrected chi connectivity index (χ4v) is 4.53. The standard InChI is InChI=1S/C23H18N2O3/c26-20-11-5-9-17-21-15-7-2-1-6-14(15)12-13-18(21)24-23(22(17)20)16-8-3-4-10-19(16)25(27)28/h1-4,6-8,10,12-13,23-24H,5,9,11H2/t23-/m1/s1. The first-order chi connectivity index (χ1) is 13.6. The van der Waals surface area contributed by atoms with Crippen LogP contribution in [0.15, 0.2) is 66.2 Å². The molecule has 0 radical (unpaired) electrons. The number of nitro groups is 1. The van der Waals surface area contributed by atoms with Gasteiger partial charge in [-0.05, 0) is 41.3 Å². The first kappa shape index (κ1) is 16.7. The van der Waals surface area contributed by atoms with Crippen molar-refractivity contribution < 1.29 is 9.72 Å². The zero-order valence-corrected chi connectivity index (χ0v) is 15.1. The van der Waals surface area contributed by atoms with E-state index < -0.39 is 6.04 Å². The van der Waals surface area contributed by atoms with Crippen LogP contribution in [0.25, 0.3) is 16.3 Å². The molecule has 1 heterocycles. The molecule has 3 aromatic rings. The molecule has 0 unspecified atom stereocenters. The van der Waals surface area contributed by atoms with Crippen LogP contribution in [-0.4, -0.2) is 10.7 Å². The number of nitrogens with zero attached hydrogens (tertiary/aromatic N) is 1. The molecule has 138 valence electrons. The van der Waals surface area contributed by atoms with Gasteiger partial charge in [0.15, 0.2) is 5.78 Å². The van der Waals surface area contributed by atoms with E-state index in [1.54, 1.807) is 18.2 Å². The lowest BCUT2D eigenvalue weighted by Crippen LogP contribution is -2.27. The number of carbonyl (C=O) groups is 1. The Labute approximate surface area is 161 Å². The van der Waals surface area contributed by atoms with E-state index >= 15 is 0 Å². The van der Waals surface area contributed by atoms with Crippen LogP contribution < -0.4 is 5.32 Å². The number of nitro benzene ring substituents is 1. The maximum atomic E-state index is 13.0. The van der Waals surface area contributed by atoms with Crippen molar-refractivity contribution in [3.05, 3.63) is 87.5 Å². The second-order valence-electron chi connectivity index (χ2n) is 7.27. The first-order valence-corrected chi connectivity index (χ1v) is 9.43. The molecular weight excluding hydrogens is 352 g/mol. The third kappa shape index (κ3) is 2.43. The Morgan fingerprint density at radius 1 is 0.964 bits per heavy atom. The summed E-state index contributed by atoms with van der Waals surface area (Å²) in [4.78, 5) is 24.2. The Kier molecular flexibility index (Phi) is 3.76. The molecule has 2 aliphatic rings. The number of nitrogens with one attached hydrogen (secondary N) is 1. The lowest BCUT2D eigenvalue weighted by molar-refractivity contribution is -0.385. The van der Waals surface area contributed by atoms with Crippen molar-refractivity contribution in [3.8, 4) is 0 Å². The van der Waals surface area contributed by atoms with Crippen molar-refractivity contribution >= 4 is 33.5 Å². The van der Waals surface area contributed by atoms with E-state index in [-0.39, 0.29) is 16.4 Å². The van der Waals surface area contributed by atoms with E-state index in [0.717, 1.165) is 40.4 Å². The Balaban J connectivity index is 1.80. The molecule has 0 bridgehead atoms. The van der Waals surface area contributed by atoms with Gasteiger partial charge in [-0.25, -0.2) is 0 Å². The van der Waals surface area contributed by atoms with Crippen molar-refractivity contribution in [1.82, 2.24) is 0 Å². The number of hydrogen-bond donors (Lipinski definition) is 1. The van der Waals surface area contributed by atoms with Gasteiger partial charge in [0, 0.05) is 29.3 Å². The van der Waals surface area contributed by atoms with E-state index in [1.165, 1.54) is 6.07 Å². The van der Waals surface area contributed by atoms with E-state index in [1.807, 2.05) is 24.3 Å². The van der Waals surface area contributed by atoms with Crippen LogP contribution in [0, 0.1) is 10.1 Å². The van der Waals surface area contributed by atoms with Gasteiger partial charge in [0.25, 0.3) is 5.69 Å². The molecule has 0 saturated carbocycles. The van der Waals surface area contributed by atoms with Gasteiger partial charge in [0.05, 0.1) is 16.5 Å². The molecular formula is C23H18N2O3. The number of fused-ring (bicyclic) bond motifs is 4. The maximum Gasteiger partial charge on any atom is 0.275 e. The van der Waals surface area contributed by atoms with Crippen molar-refractivity contribution in [2.75, 3.05) is 5.32 Å². The van der Waals surface area contributed by atoms with Crippen molar-refractivity contribution in [3.63, 3.8) is 0 Å². The number of rotatable bonds is 2. The van der Waals surface area contributed by atoms with Gasteiger partial charge in [-0.15, -0.1) is 0 Å². The summed E-state index contributed by atoms with van der Waals surface area (Å²) in [7, 11) is 0. The molecule has 0 amide bonds. The minimum Gasteiger partial charge on any atom is -0.373 e. The second-order valence-corrected chi connectivity index (χ2v) is 7.27. The zero-order valence-electron chi connectivity index (χ0n) is 15.1. The molecule has 5 nitrogen and oxygen atoms in total. The highest BCUT2D eigenvalue weighted by Crippen LogP contribution is 2.49. The number of ketones is 1. The highest BCUT2D eigenvalue weighted by Gasteiger charge is 2.37. The van der Waals surface area contributed by atoms with E-state index in [0.29, 0.717) is 17.6 Å². The summed E-state index contributed by atoms with van der Waals surface area (Å²) >= 11 is 0. The van der Waals surface area contributed by atoms with E-state index in [4.69, 9.17) is 0 Å². The van der Waals surface area contributed by atoms with Gasteiger partial charge >= 0.3 is 0 Å². The third-order valence-electron chi connectivity index (χ3n) is 5.72. The highest BCUT2D eigenvalue weighted by molar-refractivity contribution is 6.12. The molecule has 28 heavy (non-hydrogen) atoms. The highest BCUT2D eigenvalue weighted by atomic mass is 16.6. The summed E-state index contributed by atoms with van der Waals surface area (Å²) < 4.78 is 0. The smallest absolute Gasteiger partial charge is 0.275 e. The van der Waals surface area contributed by atoms with Gasteiger partial charge in [0.1, 0.15) is 0 Å². The lowest BCUT2D eigenvalue weighted by Gasteiger charge is -2.34. The minimum absolute atomic E-state index is 0.0365. The molecule has 1 atom stereocenters. The summed E-state index contributed by atoms with van der Waals surface area (Å²) in [6, 6.07) is 18.4. The van der Waals surface area contributed by atoms with Crippen LogP contribution in [0.4, 0.5) is 11.4 Å². The summed E-state index contributed by atoms with van der Waals surface area (Å²) in [5.41, 5.74) is 4.28. The number of Topliss-reactive ketones (excluding diaryl/α,β-unsaturated/α-hetero) is 1. The van der Waals surface area contributed by atoms with Crippen LogP contribution in [0.2, 0.25) is 0 Å². The van der Waals surface area contributed by atoms with Gasteiger partial charge in [-0.3, -0.25) is 14.9 Å². The summed E-state index contributed by atoms with van der Waals surface area (Å²) in [6.45, 7) is 0. The first-order valence-electron chi connectivity index (χ1n) is 9.43. The van der Waals surface area contributed by atoms with Gasteiger partial charge in [-0.2, -0.15) is 0 Å². The van der Waals surface area contributed by atoms with Gasteiger partial charge in [-0.1, -0.05) is 42.5 Å². The fourth-order valence-electron chi connectivity index (χ4n) is 4.53. The molecule has 3 aromatic carbocycles. The third-order valence-corrected chi connectivity index (χ3v) is 5.72. The molecule has 0 fully saturated rings. The van der Waals surface area contributed by atoms with Gasteiger partial charge in [0.2, 0.25) is 0 Å². The SMILES string of the molecule is O=C1CCCC2=C1[C@@H](c1ccccc1[N+](=O)[O-])Nc1ccc3ccccc3c12. The zero-order chi connectivity index (χ0) is 19.3. The largest absolute Gasteiger partial charge is 0.373 e. The van der Waals surface area contributed by atoms with E-state index in [2.05, 4.69) is 17.4 Å². The number of allylic oxidation sites excluding steroid dienone is 1. The molecule has 1 aliphatic heterocycles. The van der Waals surface area contributed by atoms with Crippen LogP contribution in [0.1, 0.15) is 36.4 Å². The Morgan fingerprint density at radius 2 is 1.75 bits per heavy atom. The molecule has 1 aliphatic carbocycles. The normalized spacial score (nSPS) is 18.4. The molecule has 1 N–H and O–H groups in total.